The van der Waals surface area contributed by atoms with Crippen LogP contribution in [0.5, 0.6) is 11.8 Å². The summed E-state index contributed by atoms with van der Waals surface area (Å²) in [5.74, 6) is 0.473. The SMILES string of the molecule is COc1cnc(C2(O)CCN(S(=O)(=O)C(C)C)CC2)c(OC)n1. The second-order valence-corrected chi connectivity index (χ2v) is 8.28. The summed E-state index contributed by atoms with van der Waals surface area (Å²) in [5.41, 5.74) is -0.962. The minimum atomic E-state index is -3.32. The van der Waals surface area contributed by atoms with Crippen molar-refractivity contribution >= 4 is 10.0 Å². The Bertz CT molecular complexity index is 654. The van der Waals surface area contributed by atoms with Crippen LogP contribution in [0, 0.1) is 0 Å². The highest BCUT2D eigenvalue weighted by Crippen LogP contribution is 2.37. The van der Waals surface area contributed by atoms with Crippen molar-refractivity contribution in [1.82, 2.24) is 14.3 Å². The van der Waals surface area contributed by atoms with Gasteiger partial charge in [0.05, 0.1) is 25.7 Å². The zero-order valence-electron chi connectivity index (χ0n) is 13.8. The van der Waals surface area contributed by atoms with Crippen molar-refractivity contribution in [1.29, 1.82) is 0 Å². The fourth-order valence-corrected chi connectivity index (χ4v) is 3.85. The molecule has 130 valence electrons. The van der Waals surface area contributed by atoms with E-state index in [9.17, 15) is 13.5 Å². The first-order valence-corrected chi connectivity index (χ1v) is 8.92. The fraction of sp³-hybridized carbons (Fsp3) is 0.714. The number of ether oxygens (including phenoxy) is 2. The van der Waals surface area contributed by atoms with Crippen molar-refractivity contribution in [3.8, 4) is 11.8 Å². The highest BCUT2D eigenvalue weighted by Gasteiger charge is 2.41. The molecule has 1 fully saturated rings. The summed E-state index contributed by atoms with van der Waals surface area (Å²) in [7, 11) is -0.419. The molecular formula is C14H23N3O5S. The zero-order chi connectivity index (χ0) is 17.3. The monoisotopic (exact) mass is 345 g/mol. The van der Waals surface area contributed by atoms with E-state index in [1.165, 1.54) is 24.7 Å². The van der Waals surface area contributed by atoms with Crippen molar-refractivity contribution in [2.24, 2.45) is 0 Å². The standard InChI is InChI=1S/C14H23N3O5S/c1-10(2)23(19,20)17-7-5-14(18,6-8-17)12-13(22-4)16-11(21-3)9-15-12/h9-10,18H,5-8H2,1-4H3. The highest BCUT2D eigenvalue weighted by molar-refractivity contribution is 7.89. The molecule has 0 radical (unpaired) electrons. The van der Waals surface area contributed by atoms with Crippen LogP contribution < -0.4 is 9.47 Å². The van der Waals surface area contributed by atoms with Crippen LogP contribution in [0.4, 0.5) is 0 Å². The summed E-state index contributed by atoms with van der Waals surface area (Å²) in [6.45, 7) is 3.75. The molecule has 1 aliphatic rings. The Hall–Kier alpha value is -1.45. The van der Waals surface area contributed by atoms with Gasteiger partial charge in [-0.3, -0.25) is 0 Å². The fourth-order valence-electron chi connectivity index (χ4n) is 2.56. The lowest BCUT2D eigenvalue weighted by atomic mass is 9.89. The third-order valence-electron chi connectivity index (χ3n) is 4.07. The van der Waals surface area contributed by atoms with Crippen molar-refractivity contribution in [3.63, 3.8) is 0 Å². The molecule has 1 N–H and O–H groups in total. The van der Waals surface area contributed by atoms with Crippen molar-refractivity contribution in [3.05, 3.63) is 11.9 Å². The first-order valence-electron chi connectivity index (χ1n) is 7.41. The second-order valence-electron chi connectivity index (χ2n) is 5.79. The Morgan fingerprint density at radius 2 is 1.87 bits per heavy atom. The number of nitrogens with zero attached hydrogens (tertiary/aromatic N) is 3. The van der Waals surface area contributed by atoms with Gasteiger partial charge in [-0.1, -0.05) is 0 Å². The van der Waals surface area contributed by atoms with Crippen molar-refractivity contribution in [2.45, 2.75) is 37.5 Å². The molecule has 9 heteroatoms. The van der Waals surface area contributed by atoms with Gasteiger partial charge in [0.1, 0.15) is 11.3 Å². The van der Waals surface area contributed by atoms with Gasteiger partial charge in [0.15, 0.2) is 0 Å². The lowest BCUT2D eigenvalue weighted by Gasteiger charge is -2.37. The third kappa shape index (κ3) is 3.41. The average Bonchev–Trinajstić information content (AvgIpc) is 2.54. The Morgan fingerprint density at radius 1 is 1.26 bits per heavy atom. The van der Waals surface area contributed by atoms with Crippen molar-refractivity contribution < 1.29 is 23.0 Å². The van der Waals surface area contributed by atoms with E-state index in [1.54, 1.807) is 13.8 Å². The molecule has 1 aromatic rings. The lowest BCUT2D eigenvalue weighted by Crippen LogP contribution is -2.47. The van der Waals surface area contributed by atoms with Crippen LogP contribution in [0.1, 0.15) is 32.4 Å². The Morgan fingerprint density at radius 3 is 2.35 bits per heavy atom. The van der Waals surface area contributed by atoms with E-state index >= 15 is 0 Å². The Labute approximate surface area is 136 Å². The molecule has 0 aliphatic carbocycles. The van der Waals surface area contributed by atoms with E-state index in [2.05, 4.69) is 9.97 Å². The normalized spacial score (nSPS) is 18.9. The predicted octanol–water partition coefficient (Wildman–Crippen LogP) is 0.515. The minimum absolute atomic E-state index is 0.187. The van der Waals surface area contributed by atoms with Crippen LogP contribution in [-0.2, 0) is 15.6 Å². The van der Waals surface area contributed by atoms with E-state index in [0.717, 1.165) is 0 Å². The summed E-state index contributed by atoms with van der Waals surface area (Å²) in [4.78, 5) is 8.33. The topological polar surface area (TPSA) is 102 Å². The number of methoxy groups -OCH3 is 2. The van der Waals surface area contributed by atoms with Gasteiger partial charge in [0, 0.05) is 13.1 Å². The number of aromatic nitrogens is 2. The van der Waals surface area contributed by atoms with E-state index in [4.69, 9.17) is 9.47 Å². The Kier molecular flexibility index (Phi) is 5.12. The van der Waals surface area contributed by atoms with Crippen molar-refractivity contribution in [2.75, 3.05) is 27.3 Å². The van der Waals surface area contributed by atoms with Gasteiger partial charge in [-0.2, -0.15) is 4.98 Å². The first kappa shape index (κ1) is 17.9. The van der Waals surface area contributed by atoms with Gasteiger partial charge >= 0.3 is 0 Å². The van der Waals surface area contributed by atoms with Crippen LogP contribution >= 0.6 is 0 Å². The maximum atomic E-state index is 12.2. The van der Waals surface area contributed by atoms with Crippen LogP contribution in [0.2, 0.25) is 0 Å². The van der Waals surface area contributed by atoms with E-state index in [-0.39, 0.29) is 37.7 Å². The number of piperidine rings is 1. The van der Waals surface area contributed by atoms with Crippen LogP contribution in [0.25, 0.3) is 0 Å². The van der Waals surface area contributed by atoms with E-state index in [0.29, 0.717) is 5.69 Å². The molecule has 0 aromatic carbocycles. The molecule has 0 unspecified atom stereocenters. The smallest absolute Gasteiger partial charge is 0.241 e. The van der Waals surface area contributed by atoms with Crippen LogP contribution in [-0.4, -0.2) is 60.4 Å². The summed E-state index contributed by atoms with van der Waals surface area (Å²) >= 11 is 0. The van der Waals surface area contributed by atoms with Gasteiger partial charge in [0.25, 0.3) is 0 Å². The molecule has 8 nitrogen and oxygen atoms in total. The molecule has 2 heterocycles. The summed E-state index contributed by atoms with van der Waals surface area (Å²) < 4.78 is 36.0. The quantitative estimate of drug-likeness (QED) is 0.830. The van der Waals surface area contributed by atoms with E-state index in [1.807, 2.05) is 0 Å². The maximum absolute atomic E-state index is 12.2. The molecule has 0 amide bonds. The summed E-state index contributed by atoms with van der Waals surface area (Å²) in [6, 6.07) is 0. The van der Waals surface area contributed by atoms with Gasteiger partial charge < -0.3 is 14.6 Å². The molecule has 0 saturated carbocycles. The van der Waals surface area contributed by atoms with Crippen LogP contribution in [0.15, 0.2) is 6.20 Å². The molecule has 1 saturated heterocycles. The van der Waals surface area contributed by atoms with Crippen LogP contribution in [0.3, 0.4) is 0 Å². The largest absolute Gasteiger partial charge is 0.480 e. The zero-order valence-corrected chi connectivity index (χ0v) is 14.6. The lowest BCUT2D eigenvalue weighted by molar-refractivity contribution is -0.0160. The highest BCUT2D eigenvalue weighted by atomic mass is 32.2. The molecular weight excluding hydrogens is 322 g/mol. The van der Waals surface area contributed by atoms with Gasteiger partial charge in [-0.05, 0) is 26.7 Å². The molecule has 1 aromatic heterocycles. The molecule has 0 spiro atoms. The molecule has 23 heavy (non-hydrogen) atoms. The third-order valence-corrected chi connectivity index (χ3v) is 6.34. The number of sulfonamides is 1. The average molecular weight is 345 g/mol. The number of aliphatic hydroxyl groups is 1. The number of rotatable bonds is 5. The molecule has 2 rings (SSSR count). The number of hydrogen-bond acceptors (Lipinski definition) is 7. The predicted molar refractivity (Wildman–Crippen MR) is 83.9 cm³/mol. The Balaban J connectivity index is 2.23. The second kappa shape index (κ2) is 6.58. The molecule has 0 bridgehead atoms. The minimum Gasteiger partial charge on any atom is -0.480 e. The van der Waals surface area contributed by atoms with Gasteiger partial charge in [0.2, 0.25) is 21.8 Å². The molecule has 1 aliphatic heterocycles. The summed E-state index contributed by atoms with van der Waals surface area (Å²) in [6.07, 6.45) is 1.87. The summed E-state index contributed by atoms with van der Waals surface area (Å²) in [5, 5.41) is 10.4. The van der Waals surface area contributed by atoms with Gasteiger partial charge in [-0.25, -0.2) is 17.7 Å². The van der Waals surface area contributed by atoms with Gasteiger partial charge in [-0.15, -0.1) is 0 Å². The molecule has 0 atom stereocenters. The first-order chi connectivity index (χ1) is 10.7. The number of hydrogen-bond donors (Lipinski definition) is 1. The maximum Gasteiger partial charge on any atom is 0.241 e. The van der Waals surface area contributed by atoms with E-state index < -0.39 is 20.9 Å².